The molecule has 0 radical (unpaired) electrons. The first-order valence-corrected chi connectivity index (χ1v) is 11.7. The average molecular weight is 393 g/mol. The zero-order valence-corrected chi connectivity index (χ0v) is 16.8. The highest BCUT2D eigenvalue weighted by molar-refractivity contribution is 7.88. The van der Waals surface area contributed by atoms with Crippen LogP contribution in [0.4, 0.5) is 5.82 Å². The summed E-state index contributed by atoms with van der Waals surface area (Å²) in [4.78, 5) is 21.8. The third kappa shape index (κ3) is 3.82. The Balaban J connectivity index is 1.62. The number of aromatic nitrogens is 1. The molecule has 3 saturated heterocycles. The summed E-state index contributed by atoms with van der Waals surface area (Å²) in [5, 5.41) is 0. The number of pyridine rings is 1. The van der Waals surface area contributed by atoms with Gasteiger partial charge in [0, 0.05) is 37.8 Å². The van der Waals surface area contributed by atoms with Crippen LogP contribution in [0.2, 0.25) is 0 Å². The van der Waals surface area contributed by atoms with E-state index in [-0.39, 0.29) is 23.9 Å². The van der Waals surface area contributed by atoms with Crippen molar-refractivity contribution in [2.75, 3.05) is 30.8 Å². The Hall–Kier alpha value is -1.67. The molecule has 3 fully saturated rings. The maximum absolute atomic E-state index is 12.7. The van der Waals surface area contributed by atoms with Gasteiger partial charge in [0.05, 0.1) is 12.3 Å². The lowest BCUT2D eigenvalue weighted by Crippen LogP contribution is -2.67. The number of nitrogens with zero attached hydrogens (tertiary/aromatic N) is 3. The van der Waals surface area contributed by atoms with Gasteiger partial charge in [0.25, 0.3) is 0 Å². The van der Waals surface area contributed by atoms with E-state index >= 15 is 0 Å². The van der Waals surface area contributed by atoms with E-state index in [1.807, 2.05) is 30.0 Å². The Morgan fingerprint density at radius 1 is 1.26 bits per heavy atom. The molecule has 1 aromatic rings. The van der Waals surface area contributed by atoms with Crippen molar-refractivity contribution in [3.63, 3.8) is 0 Å². The normalized spacial score (nSPS) is 31.0. The quantitative estimate of drug-likeness (QED) is 0.831. The number of carbonyl (C=O) groups excluding carboxylic acids is 1. The molecule has 1 N–H and O–H groups in total. The first-order chi connectivity index (χ1) is 12.8. The van der Waals surface area contributed by atoms with Crippen molar-refractivity contribution in [1.29, 1.82) is 0 Å². The van der Waals surface area contributed by atoms with E-state index in [2.05, 4.69) is 14.6 Å². The Morgan fingerprint density at radius 2 is 2.04 bits per heavy atom. The van der Waals surface area contributed by atoms with Gasteiger partial charge in [0.1, 0.15) is 5.82 Å². The van der Waals surface area contributed by atoms with E-state index < -0.39 is 10.0 Å². The van der Waals surface area contributed by atoms with Gasteiger partial charge in [-0.05, 0) is 50.2 Å². The van der Waals surface area contributed by atoms with E-state index in [1.54, 1.807) is 0 Å². The Bertz CT molecular complexity index is 828. The summed E-state index contributed by atoms with van der Waals surface area (Å²) >= 11 is 0. The summed E-state index contributed by atoms with van der Waals surface area (Å²) in [6.07, 6.45) is 4.74. The number of rotatable bonds is 4. The lowest BCUT2D eigenvalue weighted by atomic mass is 9.72. The molecule has 148 valence electrons. The van der Waals surface area contributed by atoms with Crippen LogP contribution in [-0.4, -0.2) is 62.2 Å². The fourth-order valence-electron chi connectivity index (χ4n) is 5.17. The van der Waals surface area contributed by atoms with Gasteiger partial charge in [-0.2, -0.15) is 0 Å². The third-order valence-corrected chi connectivity index (χ3v) is 6.94. The number of anilines is 1. The lowest BCUT2D eigenvalue weighted by Gasteiger charge is -2.56. The van der Waals surface area contributed by atoms with Crippen molar-refractivity contribution in [1.82, 2.24) is 14.6 Å². The van der Waals surface area contributed by atoms with Gasteiger partial charge in [-0.1, -0.05) is 6.07 Å². The molecule has 3 aliphatic rings. The Kier molecular flexibility index (Phi) is 4.88. The zero-order chi connectivity index (χ0) is 19.2. The minimum absolute atomic E-state index is 0.0821. The number of aryl methyl sites for hydroxylation is 1. The van der Waals surface area contributed by atoms with Crippen LogP contribution < -0.4 is 9.62 Å². The molecular weight excluding hydrogens is 364 g/mol. The number of piperidine rings is 3. The van der Waals surface area contributed by atoms with Gasteiger partial charge in [0.2, 0.25) is 15.9 Å². The molecule has 0 unspecified atom stereocenters. The maximum Gasteiger partial charge on any atom is 0.223 e. The number of fused-ring (bicyclic) bond motifs is 4. The molecule has 7 nitrogen and oxygen atoms in total. The molecule has 0 aliphatic carbocycles. The monoisotopic (exact) mass is 392 g/mol. The third-order valence-electron chi connectivity index (χ3n) is 6.25. The van der Waals surface area contributed by atoms with E-state index in [9.17, 15) is 13.2 Å². The molecular formula is C19H28N4O3S. The highest BCUT2D eigenvalue weighted by Gasteiger charge is 2.49. The average Bonchev–Trinajstić information content (AvgIpc) is 2.61. The molecule has 27 heavy (non-hydrogen) atoms. The van der Waals surface area contributed by atoms with Crippen LogP contribution in [-0.2, 0) is 14.8 Å². The van der Waals surface area contributed by atoms with E-state index in [0.717, 1.165) is 43.9 Å². The number of nitrogens with one attached hydrogen (secondary N) is 1. The maximum atomic E-state index is 12.7. The molecule has 4 atom stereocenters. The van der Waals surface area contributed by atoms with Crippen LogP contribution in [0.25, 0.3) is 0 Å². The minimum atomic E-state index is -3.29. The van der Waals surface area contributed by atoms with E-state index in [1.165, 1.54) is 6.26 Å². The predicted octanol–water partition coefficient (Wildman–Crippen LogP) is 1.15. The largest absolute Gasteiger partial charge is 0.356 e. The van der Waals surface area contributed by atoms with E-state index in [4.69, 9.17) is 0 Å². The molecule has 1 amide bonds. The van der Waals surface area contributed by atoms with Crippen LogP contribution in [0, 0.1) is 18.8 Å². The molecule has 4 heterocycles. The van der Waals surface area contributed by atoms with E-state index in [0.29, 0.717) is 18.9 Å². The fraction of sp³-hybridized carbons (Fsp3) is 0.684. The highest BCUT2D eigenvalue weighted by atomic mass is 32.2. The second kappa shape index (κ2) is 7.05. The summed E-state index contributed by atoms with van der Waals surface area (Å²) in [6, 6.07) is 6.19. The number of carbonyl (C=O) groups is 1. The summed E-state index contributed by atoms with van der Waals surface area (Å²) in [6.45, 7) is 4.01. The molecule has 0 saturated carbocycles. The summed E-state index contributed by atoms with van der Waals surface area (Å²) in [5.74, 6) is 1.84. The van der Waals surface area contributed by atoms with Crippen molar-refractivity contribution in [3.8, 4) is 0 Å². The van der Waals surface area contributed by atoms with Crippen LogP contribution in [0.1, 0.15) is 31.4 Å². The summed E-state index contributed by atoms with van der Waals surface area (Å²) < 4.78 is 26.0. The number of amides is 1. The second-order valence-electron chi connectivity index (χ2n) is 8.25. The van der Waals surface area contributed by atoms with Gasteiger partial charge in [-0.3, -0.25) is 4.79 Å². The van der Waals surface area contributed by atoms with Crippen molar-refractivity contribution in [2.45, 2.75) is 44.7 Å². The molecule has 0 spiro atoms. The molecule has 0 aromatic carbocycles. The van der Waals surface area contributed by atoms with Crippen LogP contribution in [0.3, 0.4) is 0 Å². The van der Waals surface area contributed by atoms with Gasteiger partial charge in [-0.15, -0.1) is 0 Å². The van der Waals surface area contributed by atoms with Crippen molar-refractivity contribution in [2.24, 2.45) is 11.8 Å². The van der Waals surface area contributed by atoms with Gasteiger partial charge >= 0.3 is 0 Å². The first kappa shape index (κ1) is 18.7. The summed E-state index contributed by atoms with van der Waals surface area (Å²) in [5.41, 5.74) is 0.994. The van der Waals surface area contributed by atoms with Crippen molar-refractivity contribution < 1.29 is 13.2 Å². The Morgan fingerprint density at radius 3 is 2.78 bits per heavy atom. The number of hydrogen-bond acceptors (Lipinski definition) is 5. The molecule has 8 heteroatoms. The molecule has 3 aliphatic heterocycles. The standard InChI is InChI=1S/C19H28N4O3S/c1-13-5-3-7-18(21-13)22-11-14-9-15(12-22)17(10-20-27(2,25)26)23-16(14)6-4-8-19(23)24/h3,5,7,14-17,20H,4,6,8-12H2,1-2H3/t14-,15+,16+,17+/m1/s1. The number of hydrogen-bond donors (Lipinski definition) is 1. The Labute approximate surface area is 161 Å². The molecule has 2 bridgehead atoms. The van der Waals surface area contributed by atoms with Gasteiger partial charge in [-0.25, -0.2) is 18.1 Å². The SMILES string of the molecule is Cc1cccc(N2C[C@H]3C[C@@H](C2)[C@H](CNS(C)(=O)=O)N2C(=O)CCC[C@@H]32)n1. The summed E-state index contributed by atoms with van der Waals surface area (Å²) in [7, 11) is -3.29. The molecule has 4 rings (SSSR count). The highest BCUT2D eigenvalue weighted by Crippen LogP contribution is 2.42. The van der Waals surface area contributed by atoms with Crippen LogP contribution in [0.15, 0.2) is 18.2 Å². The lowest BCUT2D eigenvalue weighted by molar-refractivity contribution is -0.148. The van der Waals surface area contributed by atoms with Crippen LogP contribution >= 0.6 is 0 Å². The van der Waals surface area contributed by atoms with Crippen molar-refractivity contribution in [3.05, 3.63) is 23.9 Å². The smallest absolute Gasteiger partial charge is 0.223 e. The zero-order valence-electron chi connectivity index (χ0n) is 16.0. The second-order valence-corrected chi connectivity index (χ2v) is 10.1. The van der Waals surface area contributed by atoms with Gasteiger partial charge < -0.3 is 9.80 Å². The topological polar surface area (TPSA) is 82.6 Å². The minimum Gasteiger partial charge on any atom is -0.356 e. The predicted molar refractivity (Wildman–Crippen MR) is 104 cm³/mol. The molecule has 1 aromatic heterocycles. The van der Waals surface area contributed by atoms with Crippen molar-refractivity contribution >= 4 is 21.7 Å². The fourth-order valence-corrected chi connectivity index (χ4v) is 5.64. The first-order valence-electron chi connectivity index (χ1n) is 9.76. The van der Waals surface area contributed by atoms with Gasteiger partial charge in [0.15, 0.2) is 0 Å². The van der Waals surface area contributed by atoms with Crippen LogP contribution in [0.5, 0.6) is 0 Å². The number of sulfonamides is 1.